The number of nitrogens with one attached hydrogen (secondary N) is 1. The van der Waals surface area contributed by atoms with Gasteiger partial charge in [-0.2, -0.15) is 0 Å². The maximum Gasteiger partial charge on any atom is 0.253 e. The second-order valence-electron chi connectivity index (χ2n) is 8.67. The molecule has 0 aliphatic carbocycles. The third-order valence-corrected chi connectivity index (χ3v) is 6.65. The molecule has 162 valence electrons. The Bertz CT molecular complexity index is 1080. The van der Waals surface area contributed by atoms with Crippen LogP contribution in [0.3, 0.4) is 0 Å². The van der Waals surface area contributed by atoms with Gasteiger partial charge in [0.05, 0.1) is 16.9 Å². The number of pyridine rings is 1. The zero-order valence-electron chi connectivity index (χ0n) is 18.1. The molecule has 5 rings (SSSR count). The highest BCUT2D eigenvalue weighted by Crippen LogP contribution is 2.41. The maximum atomic E-state index is 13.1. The van der Waals surface area contributed by atoms with Crippen LogP contribution >= 0.6 is 12.4 Å². The SMILES string of the molecule is Cc1nc2ccc(C(=O)N3CCCCC3)cc2c2c1NCC2CCc1ccccc1.Cl. The molecule has 1 N–H and O–H groups in total. The van der Waals surface area contributed by atoms with Crippen LogP contribution in [0, 0.1) is 6.92 Å². The summed E-state index contributed by atoms with van der Waals surface area (Å²) in [7, 11) is 0. The molecular formula is C26H30ClN3O. The molecular weight excluding hydrogens is 406 g/mol. The highest BCUT2D eigenvalue weighted by Gasteiger charge is 2.28. The summed E-state index contributed by atoms with van der Waals surface area (Å²) in [6.45, 7) is 4.77. The molecule has 4 nitrogen and oxygen atoms in total. The minimum Gasteiger partial charge on any atom is -0.383 e. The third kappa shape index (κ3) is 4.27. The fraction of sp³-hybridized carbons (Fsp3) is 0.385. The van der Waals surface area contributed by atoms with Crippen LogP contribution < -0.4 is 5.32 Å². The highest BCUT2D eigenvalue weighted by atomic mass is 35.5. The Hall–Kier alpha value is -2.59. The van der Waals surface area contributed by atoms with Gasteiger partial charge < -0.3 is 10.2 Å². The molecule has 0 bridgehead atoms. The lowest BCUT2D eigenvalue weighted by Gasteiger charge is -2.27. The number of carbonyl (C=O) groups is 1. The first kappa shape index (κ1) is 21.6. The maximum absolute atomic E-state index is 13.1. The number of benzene rings is 2. The summed E-state index contributed by atoms with van der Waals surface area (Å²) in [6, 6.07) is 16.8. The monoisotopic (exact) mass is 435 g/mol. The number of aryl methyl sites for hydroxylation is 2. The molecule has 1 fully saturated rings. The van der Waals surface area contributed by atoms with Gasteiger partial charge in [0.2, 0.25) is 0 Å². The first-order valence-electron chi connectivity index (χ1n) is 11.2. The van der Waals surface area contributed by atoms with Crippen LogP contribution in [-0.4, -0.2) is 35.4 Å². The smallest absolute Gasteiger partial charge is 0.253 e. The van der Waals surface area contributed by atoms with Crippen LogP contribution in [0.5, 0.6) is 0 Å². The van der Waals surface area contributed by atoms with E-state index in [4.69, 9.17) is 4.98 Å². The van der Waals surface area contributed by atoms with Crippen LogP contribution in [-0.2, 0) is 6.42 Å². The Morgan fingerprint density at radius 1 is 1.10 bits per heavy atom. The number of likely N-dealkylation sites (tertiary alicyclic amines) is 1. The Labute approximate surface area is 190 Å². The number of fused-ring (bicyclic) bond motifs is 3. The van der Waals surface area contributed by atoms with Gasteiger partial charge in [-0.05, 0) is 68.4 Å². The molecule has 2 aliphatic heterocycles. The van der Waals surface area contributed by atoms with E-state index in [9.17, 15) is 4.79 Å². The summed E-state index contributed by atoms with van der Waals surface area (Å²) >= 11 is 0. The lowest BCUT2D eigenvalue weighted by Crippen LogP contribution is -2.35. The molecule has 1 atom stereocenters. The Morgan fingerprint density at radius 2 is 1.87 bits per heavy atom. The largest absolute Gasteiger partial charge is 0.383 e. The summed E-state index contributed by atoms with van der Waals surface area (Å²) < 4.78 is 0. The molecule has 5 heteroatoms. The zero-order chi connectivity index (χ0) is 20.5. The van der Waals surface area contributed by atoms with E-state index in [1.165, 1.54) is 23.2 Å². The van der Waals surface area contributed by atoms with Crippen molar-refractivity contribution >= 4 is 34.9 Å². The van der Waals surface area contributed by atoms with Gasteiger partial charge in [-0.25, -0.2) is 0 Å². The molecule has 0 spiro atoms. The van der Waals surface area contributed by atoms with Crippen LogP contribution in [0.2, 0.25) is 0 Å². The summed E-state index contributed by atoms with van der Waals surface area (Å²) in [5.74, 6) is 0.600. The van der Waals surface area contributed by atoms with E-state index in [0.29, 0.717) is 5.92 Å². The van der Waals surface area contributed by atoms with Crippen molar-refractivity contribution in [2.45, 2.75) is 44.9 Å². The number of aromatic nitrogens is 1. The van der Waals surface area contributed by atoms with Crippen LogP contribution in [0.4, 0.5) is 5.69 Å². The van der Waals surface area contributed by atoms with Gasteiger partial charge in [-0.1, -0.05) is 30.3 Å². The number of hydrogen-bond acceptors (Lipinski definition) is 3. The second kappa shape index (κ2) is 9.27. The number of anilines is 1. The molecule has 2 aromatic carbocycles. The topological polar surface area (TPSA) is 45.2 Å². The quantitative estimate of drug-likeness (QED) is 0.568. The fourth-order valence-electron chi connectivity index (χ4n) is 5.03. The van der Waals surface area contributed by atoms with Gasteiger partial charge in [-0.15, -0.1) is 12.4 Å². The van der Waals surface area contributed by atoms with Crippen molar-refractivity contribution in [1.29, 1.82) is 0 Å². The van der Waals surface area contributed by atoms with Crippen molar-refractivity contribution in [3.8, 4) is 0 Å². The van der Waals surface area contributed by atoms with Crippen molar-refractivity contribution in [1.82, 2.24) is 9.88 Å². The molecule has 1 unspecified atom stereocenters. The first-order valence-corrected chi connectivity index (χ1v) is 11.2. The van der Waals surface area contributed by atoms with E-state index >= 15 is 0 Å². The summed E-state index contributed by atoms with van der Waals surface area (Å²) in [4.78, 5) is 19.9. The van der Waals surface area contributed by atoms with Gasteiger partial charge in [0.15, 0.2) is 0 Å². The zero-order valence-corrected chi connectivity index (χ0v) is 18.9. The molecule has 0 saturated carbocycles. The lowest BCUT2D eigenvalue weighted by atomic mass is 9.90. The van der Waals surface area contributed by atoms with Gasteiger partial charge in [0.1, 0.15) is 0 Å². The van der Waals surface area contributed by atoms with Crippen molar-refractivity contribution in [2.75, 3.05) is 25.0 Å². The van der Waals surface area contributed by atoms with E-state index in [1.54, 1.807) is 0 Å². The Balaban J connectivity index is 0.00000231. The first-order chi connectivity index (χ1) is 14.7. The summed E-state index contributed by atoms with van der Waals surface area (Å²) in [5.41, 5.74) is 6.74. The summed E-state index contributed by atoms with van der Waals surface area (Å²) in [6.07, 6.45) is 5.60. The third-order valence-electron chi connectivity index (χ3n) is 6.65. The fourth-order valence-corrected chi connectivity index (χ4v) is 5.03. The van der Waals surface area contributed by atoms with Crippen LogP contribution in [0.15, 0.2) is 48.5 Å². The number of amides is 1. The molecule has 1 aromatic heterocycles. The van der Waals surface area contributed by atoms with Crippen LogP contribution in [0.25, 0.3) is 10.9 Å². The number of nitrogens with zero attached hydrogens (tertiary/aromatic N) is 2. The predicted octanol–water partition coefficient (Wildman–Crippen LogP) is 5.73. The van der Waals surface area contributed by atoms with E-state index in [2.05, 4.69) is 48.6 Å². The minimum atomic E-state index is 0. The van der Waals surface area contributed by atoms with Crippen molar-refractivity contribution < 1.29 is 4.79 Å². The van der Waals surface area contributed by atoms with E-state index in [0.717, 1.165) is 67.5 Å². The predicted molar refractivity (Wildman–Crippen MR) is 129 cm³/mol. The number of piperidine rings is 1. The van der Waals surface area contributed by atoms with Gasteiger partial charge in [0, 0.05) is 36.5 Å². The number of hydrogen-bond donors (Lipinski definition) is 1. The lowest BCUT2D eigenvalue weighted by molar-refractivity contribution is 0.0724. The van der Waals surface area contributed by atoms with E-state index in [1.807, 2.05) is 17.0 Å². The van der Waals surface area contributed by atoms with E-state index in [-0.39, 0.29) is 18.3 Å². The number of rotatable bonds is 4. The number of halogens is 1. The minimum absolute atomic E-state index is 0. The number of carbonyl (C=O) groups excluding carboxylic acids is 1. The normalized spacial score (nSPS) is 17.7. The Morgan fingerprint density at radius 3 is 2.65 bits per heavy atom. The average molecular weight is 436 g/mol. The Kier molecular flexibility index (Phi) is 6.47. The van der Waals surface area contributed by atoms with Crippen molar-refractivity contribution in [3.63, 3.8) is 0 Å². The molecule has 1 amide bonds. The summed E-state index contributed by atoms with van der Waals surface area (Å²) in [5, 5.41) is 4.74. The molecule has 0 radical (unpaired) electrons. The molecule has 3 aromatic rings. The highest BCUT2D eigenvalue weighted by molar-refractivity contribution is 6.00. The molecule has 3 heterocycles. The molecule has 1 saturated heterocycles. The van der Waals surface area contributed by atoms with Crippen molar-refractivity contribution in [2.24, 2.45) is 0 Å². The second-order valence-corrected chi connectivity index (χ2v) is 8.67. The average Bonchev–Trinajstić information content (AvgIpc) is 3.23. The molecule has 31 heavy (non-hydrogen) atoms. The van der Waals surface area contributed by atoms with Gasteiger partial charge >= 0.3 is 0 Å². The van der Waals surface area contributed by atoms with Crippen LogP contribution in [0.1, 0.15) is 58.8 Å². The standard InChI is InChI=1S/C26H29N3O.ClH/c1-18-25-24(21(17-27-25)11-10-19-8-4-2-5-9-19)22-16-20(12-13-23(22)28-18)26(30)29-14-6-3-7-15-29;/h2,4-5,8-9,12-13,16,21,27H,3,6-7,10-11,14-15,17H2,1H3;1H. The van der Waals surface area contributed by atoms with Gasteiger partial charge in [0.25, 0.3) is 5.91 Å². The molecule has 2 aliphatic rings. The van der Waals surface area contributed by atoms with E-state index < -0.39 is 0 Å². The van der Waals surface area contributed by atoms with Crippen molar-refractivity contribution in [3.05, 3.63) is 70.9 Å². The van der Waals surface area contributed by atoms with Gasteiger partial charge in [-0.3, -0.25) is 9.78 Å².